The molecule has 3 rings (SSSR count). The van der Waals surface area contributed by atoms with E-state index in [1.54, 1.807) is 12.3 Å². The van der Waals surface area contributed by atoms with Crippen LogP contribution in [0.25, 0.3) is 6.08 Å². The second-order valence-corrected chi connectivity index (χ2v) is 5.32. The highest BCUT2D eigenvalue weighted by molar-refractivity contribution is 9.10. The van der Waals surface area contributed by atoms with Gasteiger partial charge in [0.25, 0.3) is 5.91 Å². The molecule has 2 heterocycles. The molecule has 20 heavy (non-hydrogen) atoms. The van der Waals surface area contributed by atoms with Gasteiger partial charge in [-0.1, -0.05) is 15.9 Å². The number of hydrogen-bond donors (Lipinski definition) is 1. The van der Waals surface area contributed by atoms with Crippen LogP contribution in [0.3, 0.4) is 0 Å². The number of amides is 1. The van der Waals surface area contributed by atoms with Crippen LogP contribution in [0.4, 0.5) is 0 Å². The van der Waals surface area contributed by atoms with E-state index in [2.05, 4.69) is 21.2 Å². The Morgan fingerprint density at radius 2 is 2.25 bits per heavy atom. The maximum atomic E-state index is 12.1. The van der Waals surface area contributed by atoms with Crippen LogP contribution in [0.1, 0.15) is 11.3 Å². The van der Waals surface area contributed by atoms with Crippen LogP contribution in [-0.4, -0.2) is 12.5 Å². The molecule has 0 unspecified atom stereocenters. The van der Waals surface area contributed by atoms with Crippen LogP contribution in [0.2, 0.25) is 0 Å². The molecule has 102 valence electrons. The van der Waals surface area contributed by atoms with E-state index < -0.39 is 0 Å². The average molecular weight is 334 g/mol. The predicted octanol–water partition coefficient (Wildman–Crippen LogP) is 3.13. The van der Waals surface area contributed by atoms with Crippen molar-refractivity contribution in [3.05, 3.63) is 58.0 Å². The smallest absolute Gasteiger partial charge is 0.251 e. The molecule has 0 fully saturated rings. The summed E-state index contributed by atoms with van der Waals surface area (Å²) >= 11 is 3.41. The number of carbonyl (C=O) groups is 1. The molecule has 0 spiro atoms. The van der Waals surface area contributed by atoms with Crippen LogP contribution in [0, 0.1) is 0 Å². The summed E-state index contributed by atoms with van der Waals surface area (Å²) in [6, 6.07) is 9.33. The molecule has 0 saturated carbocycles. The van der Waals surface area contributed by atoms with Crippen molar-refractivity contribution < 1.29 is 13.9 Å². The number of nitrogens with one attached hydrogen (secondary N) is 1. The van der Waals surface area contributed by atoms with E-state index in [1.165, 1.54) is 0 Å². The van der Waals surface area contributed by atoms with E-state index in [9.17, 15) is 4.79 Å². The molecule has 1 amide bonds. The molecule has 1 aliphatic rings. The molecule has 1 N–H and O–H groups in total. The number of carbonyl (C=O) groups excluding carboxylic acids is 1. The Kier molecular flexibility index (Phi) is 3.60. The topological polar surface area (TPSA) is 51.5 Å². The number of benzene rings is 1. The van der Waals surface area contributed by atoms with Crippen molar-refractivity contribution in [3.8, 4) is 5.75 Å². The van der Waals surface area contributed by atoms with Gasteiger partial charge in [0.1, 0.15) is 18.1 Å². The lowest BCUT2D eigenvalue weighted by Crippen LogP contribution is -2.28. The molecule has 1 aromatic carbocycles. The van der Waals surface area contributed by atoms with Gasteiger partial charge in [-0.15, -0.1) is 0 Å². The van der Waals surface area contributed by atoms with Gasteiger partial charge < -0.3 is 14.5 Å². The van der Waals surface area contributed by atoms with Gasteiger partial charge in [0.05, 0.1) is 18.4 Å². The summed E-state index contributed by atoms with van der Waals surface area (Å²) in [5.41, 5.74) is 1.50. The molecule has 2 aromatic rings. The molecular formula is C15H12BrNO3. The van der Waals surface area contributed by atoms with Crippen molar-refractivity contribution in [2.75, 3.05) is 6.61 Å². The number of halogens is 1. The highest BCUT2D eigenvalue weighted by atomic mass is 79.9. The number of fused-ring (bicyclic) bond motifs is 1. The molecule has 1 aromatic heterocycles. The van der Waals surface area contributed by atoms with E-state index in [4.69, 9.17) is 9.15 Å². The number of rotatable bonds is 3. The van der Waals surface area contributed by atoms with Crippen LogP contribution in [0.15, 0.2) is 51.1 Å². The summed E-state index contributed by atoms with van der Waals surface area (Å²) in [7, 11) is 0. The highest BCUT2D eigenvalue weighted by Gasteiger charge is 2.17. The molecule has 5 heteroatoms. The minimum Gasteiger partial charge on any atom is -0.488 e. The van der Waals surface area contributed by atoms with Gasteiger partial charge in [0.15, 0.2) is 0 Å². The standard InChI is InChI=1S/C15H12BrNO3/c16-12-3-4-14-10(7-12)6-11(9-20-14)15(18)17-8-13-2-1-5-19-13/h1-7H,8-9H2,(H,17,18). The average Bonchev–Trinajstić information content (AvgIpc) is 2.97. The minimum absolute atomic E-state index is 0.146. The second-order valence-electron chi connectivity index (χ2n) is 4.40. The molecule has 0 radical (unpaired) electrons. The Hall–Kier alpha value is -2.01. The zero-order valence-electron chi connectivity index (χ0n) is 10.6. The molecule has 1 aliphatic heterocycles. The van der Waals surface area contributed by atoms with Crippen molar-refractivity contribution in [2.45, 2.75) is 6.54 Å². The Bertz CT molecular complexity index is 662. The third-order valence-corrected chi connectivity index (χ3v) is 3.47. The van der Waals surface area contributed by atoms with E-state index in [-0.39, 0.29) is 12.5 Å². The Balaban J connectivity index is 1.72. The summed E-state index contributed by atoms with van der Waals surface area (Å²) in [5, 5.41) is 2.81. The first-order valence-electron chi connectivity index (χ1n) is 6.16. The Morgan fingerprint density at radius 3 is 3.05 bits per heavy atom. The van der Waals surface area contributed by atoms with Crippen molar-refractivity contribution in [1.82, 2.24) is 5.32 Å². The summed E-state index contributed by atoms with van der Waals surface area (Å²) in [6.07, 6.45) is 3.43. The van der Waals surface area contributed by atoms with Crippen LogP contribution < -0.4 is 10.1 Å². The number of hydrogen-bond acceptors (Lipinski definition) is 3. The summed E-state index contributed by atoms with van der Waals surface area (Å²) in [5.74, 6) is 1.36. The van der Waals surface area contributed by atoms with E-state index in [0.29, 0.717) is 12.1 Å². The van der Waals surface area contributed by atoms with E-state index >= 15 is 0 Å². The Labute approximate surface area is 124 Å². The third-order valence-electron chi connectivity index (χ3n) is 2.98. The number of furan rings is 1. The molecule has 0 saturated heterocycles. The largest absolute Gasteiger partial charge is 0.488 e. The maximum Gasteiger partial charge on any atom is 0.251 e. The maximum absolute atomic E-state index is 12.1. The van der Waals surface area contributed by atoms with Crippen molar-refractivity contribution in [3.63, 3.8) is 0 Å². The fraction of sp³-hybridized carbons (Fsp3) is 0.133. The van der Waals surface area contributed by atoms with Crippen LogP contribution >= 0.6 is 15.9 Å². The van der Waals surface area contributed by atoms with Gasteiger partial charge in [-0.05, 0) is 36.4 Å². The summed E-state index contributed by atoms with van der Waals surface area (Å²) in [6.45, 7) is 0.646. The van der Waals surface area contributed by atoms with Crippen molar-refractivity contribution >= 4 is 27.9 Å². The van der Waals surface area contributed by atoms with Gasteiger partial charge in [0, 0.05) is 10.0 Å². The summed E-state index contributed by atoms with van der Waals surface area (Å²) in [4.78, 5) is 12.1. The monoisotopic (exact) mass is 333 g/mol. The van der Waals surface area contributed by atoms with E-state index in [0.717, 1.165) is 21.5 Å². The first-order chi connectivity index (χ1) is 9.72. The third kappa shape index (κ3) is 2.77. The van der Waals surface area contributed by atoms with Crippen molar-refractivity contribution in [2.24, 2.45) is 0 Å². The van der Waals surface area contributed by atoms with Crippen LogP contribution in [-0.2, 0) is 11.3 Å². The minimum atomic E-state index is -0.146. The van der Waals surface area contributed by atoms with Gasteiger partial charge in [0.2, 0.25) is 0 Å². The van der Waals surface area contributed by atoms with Gasteiger partial charge >= 0.3 is 0 Å². The predicted molar refractivity (Wildman–Crippen MR) is 78.2 cm³/mol. The summed E-state index contributed by atoms with van der Waals surface area (Å²) < 4.78 is 11.7. The molecule has 0 atom stereocenters. The molecule has 0 bridgehead atoms. The SMILES string of the molecule is O=C(NCc1ccco1)C1=Cc2cc(Br)ccc2OC1. The van der Waals surface area contributed by atoms with Gasteiger partial charge in [-0.25, -0.2) is 0 Å². The molecule has 0 aliphatic carbocycles. The lowest BCUT2D eigenvalue weighted by molar-refractivity contribution is -0.118. The zero-order chi connectivity index (χ0) is 13.9. The Morgan fingerprint density at radius 1 is 1.35 bits per heavy atom. The lowest BCUT2D eigenvalue weighted by atomic mass is 10.1. The van der Waals surface area contributed by atoms with E-state index in [1.807, 2.05) is 30.3 Å². The van der Waals surface area contributed by atoms with Crippen molar-refractivity contribution in [1.29, 1.82) is 0 Å². The first kappa shape index (κ1) is 13.0. The quantitative estimate of drug-likeness (QED) is 0.938. The molecular weight excluding hydrogens is 322 g/mol. The van der Waals surface area contributed by atoms with Crippen LogP contribution in [0.5, 0.6) is 5.75 Å². The van der Waals surface area contributed by atoms with Gasteiger partial charge in [-0.2, -0.15) is 0 Å². The molecule has 4 nitrogen and oxygen atoms in total. The highest BCUT2D eigenvalue weighted by Crippen LogP contribution is 2.29. The first-order valence-corrected chi connectivity index (χ1v) is 6.95. The zero-order valence-corrected chi connectivity index (χ0v) is 12.1. The second kappa shape index (κ2) is 5.54. The number of ether oxygens (including phenoxy) is 1. The lowest BCUT2D eigenvalue weighted by Gasteiger charge is -2.17. The van der Waals surface area contributed by atoms with Gasteiger partial charge in [-0.3, -0.25) is 4.79 Å². The fourth-order valence-corrected chi connectivity index (χ4v) is 2.35. The normalized spacial score (nSPS) is 13.2. The fourth-order valence-electron chi connectivity index (χ4n) is 1.97.